The topological polar surface area (TPSA) is 48.7 Å². The summed E-state index contributed by atoms with van der Waals surface area (Å²) in [5.41, 5.74) is 2.87. The van der Waals surface area contributed by atoms with E-state index in [4.69, 9.17) is 5.26 Å². The van der Waals surface area contributed by atoms with Crippen LogP contribution in [0.5, 0.6) is 0 Å². The van der Waals surface area contributed by atoms with E-state index in [2.05, 4.69) is 28.5 Å². The van der Waals surface area contributed by atoms with Crippen LogP contribution in [0.15, 0.2) is 54.7 Å². The monoisotopic (exact) mass is 375 g/mol. The molecule has 0 bridgehead atoms. The Hall–Kier alpha value is -2.60. The van der Waals surface area contributed by atoms with Gasteiger partial charge in [0.05, 0.1) is 17.3 Å². The van der Waals surface area contributed by atoms with Crippen molar-refractivity contribution in [2.45, 2.75) is 64.2 Å². The first-order chi connectivity index (χ1) is 13.9. The maximum absolute atomic E-state index is 8.79. The molecule has 1 N–H and O–H groups in total. The molecule has 0 unspecified atom stereocenters. The quantitative estimate of drug-likeness (QED) is 0.362. The largest absolute Gasteiger partial charge is 0.385 e. The Bertz CT molecular complexity index is 699. The molecule has 2 aromatic rings. The summed E-state index contributed by atoms with van der Waals surface area (Å²) in [5.74, 6) is 0. The Balaban J connectivity index is 1.34. The van der Waals surface area contributed by atoms with Gasteiger partial charge >= 0.3 is 0 Å². The Morgan fingerprint density at radius 2 is 1.50 bits per heavy atom. The summed E-state index contributed by atoms with van der Waals surface area (Å²) in [7, 11) is 0. The first-order valence-corrected chi connectivity index (χ1v) is 10.7. The number of hydrogen-bond acceptors (Lipinski definition) is 3. The van der Waals surface area contributed by atoms with Crippen molar-refractivity contribution >= 4 is 11.8 Å². The molecule has 0 aliphatic heterocycles. The van der Waals surface area contributed by atoms with Crippen LogP contribution in [-0.4, -0.2) is 11.5 Å². The van der Waals surface area contributed by atoms with Crippen molar-refractivity contribution in [1.82, 2.24) is 4.98 Å². The minimum Gasteiger partial charge on any atom is -0.385 e. The van der Waals surface area contributed by atoms with Gasteiger partial charge in [0, 0.05) is 18.4 Å². The summed E-state index contributed by atoms with van der Waals surface area (Å²) >= 11 is 0. The molecule has 3 heteroatoms. The standard InChI is InChI=1S/C25H33N3/c26-22-23-16-18-25(19-17-23)28-20-12-9-7-5-3-1-2-4-6-8-10-14-24-15-11-13-21-27-24/h10-11,13-19,21,28H,1-9,12,20H2/b14-10+. The fourth-order valence-electron chi connectivity index (χ4n) is 3.20. The molecule has 0 saturated heterocycles. The minimum atomic E-state index is 0.714. The van der Waals surface area contributed by atoms with Crippen molar-refractivity contribution in [1.29, 1.82) is 5.26 Å². The lowest BCUT2D eigenvalue weighted by Crippen LogP contribution is -2.01. The van der Waals surface area contributed by atoms with Gasteiger partial charge in [0.15, 0.2) is 0 Å². The summed E-state index contributed by atoms with van der Waals surface area (Å²) < 4.78 is 0. The molecule has 1 aromatic carbocycles. The Kier molecular flexibility index (Phi) is 11.2. The number of hydrogen-bond donors (Lipinski definition) is 1. The molecule has 0 aliphatic carbocycles. The van der Waals surface area contributed by atoms with E-state index in [0.717, 1.165) is 24.3 Å². The number of anilines is 1. The minimum absolute atomic E-state index is 0.714. The SMILES string of the molecule is N#Cc1ccc(NCCCCCCCCCCC/C=C/c2ccccn2)cc1. The maximum atomic E-state index is 8.79. The summed E-state index contributed by atoms with van der Waals surface area (Å²) in [4.78, 5) is 4.29. The van der Waals surface area contributed by atoms with Crippen LogP contribution in [0.25, 0.3) is 6.08 Å². The lowest BCUT2D eigenvalue weighted by molar-refractivity contribution is 0.564. The number of rotatable bonds is 14. The zero-order chi connectivity index (χ0) is 19.7. The first kappa shape index (κ1) is 21.7. The van der Waals surface area contributed by atoms with E-state index < -0.39 is 0 Å². The second kappa shape index (κ2) is 14.5. The van der Waals surface area contributed by atoms with E-state index >= 15 is 0 Å². The molecule has 148 valence electrons. The van der Waals surface area contributed by atoms with E-state index in [1.54, 1.807) is 0 Å². The van der Waals surface area contributed by atoms with E-state index in [0.29, 0.717) is 5.56 Å². The third-order valence-electron chi connectivity index (χ3n) is 4.87. The van der Waals surface area contributed by atoms with Crippen LogP contribution in [0.3, 0.4) is 0 Å². The summed E-state index contributed by atoms with van der Waals surface area (Å²) in [6, 6.07) is 15.8. The smallest absolute Gasteiger partial charge is 0.0991 e. The van der Waals surface area contributed by atoms with Crippen molar-refractivity contribution in [3.05, 3.63) is 66.0 Å². The van der Waals surface area contributed by atoms with Crippen molar-refractivity contribution in [2.75, 3.05) is 11.9 Å². The first-order valence-electron chi connectivity index (χ1n) is 10.7. The van der Waals surface area contributed by atoms with Gasteiger partial charge in [-0.2, -0.15) is 5.26 Å². The third kappa shape index (κ3) is 9.92. The maximum Gasteiger partial charge on any atom is 0.0991 e. The molecule has 3 nitrogen and oxygen atoms in total. The molecule has 0 saturated carbocycles. The summed E-state index contributed by atoms with van der Waals surface area (Å²) in [6.45, 7) is 1.01. The van der Waals surface area contributed by atoms with Crippen LogP contribution in [-0.2, 0) is 0 Å². The van der Waals surface area contributed by atoms with Crippen molar-refractivity contribution in [3.8, 4) is 6.07 Å². The van der Waals surface area contributed by atoms with Crippen LogP contribution in [0.4, 0.5) is 5.69 Å². The number of benzene rings is 1. The number of nitrogens with one attached hydrogen (secondary N) is 1. The average molecular weight is 376 g/mol. The Morgan fingerprint density at radius 1 is 0.821 bits per heavy atom. The van der Waals surface area contributed by atoms with Gasteiger partial charge in [0.1, 0.15) is 0 Å². The Labute approximate surface area is 170 Å². The van der Waals surface area contributed by atoms with E-state index in [9.17, 15) is 0 Å². The van der Waals surface area contributed by atoms with Gasteiger partial charge < -0.3 is 5.32 Å². The lowest BCUT2D eigenvalue weighted by atomic mass is 10.1. The molecule has 0 fully saturated rings. The molecule has 2 rings (SSSR count). The van der Waals surface area contributed by atoms with Crippen molar-refractivity contribution < 1.29 is 0 Å². The van der Waals surface area contributed by atoms with Crippen LogP contribution < -0.4 is 5.32 Å². The number of pyridine rings is 1. The molecule has 0 atom stereocenters. The van der Waals surface area contributed by atoms with Crippen LogP contribution >= 0.6 is 0 Å². The molecule has 0 aliphatic rings. The highest BCUT2D eigenvalue weighted by Gasteiger charge is 1.95. The van der Waals surface area contributed by atoms with E-state index in [-0.39, 0.29) is 0 Å². The second-order valence-corrected chi connectivity index (χ2v) is 7.24. The molecule has 28 heavy (non-hydrogen) atoms. The number of aromatic nitrogens is 1. The van der Waals surface area contributed by atoms with Gasteiger partial charge in [-0.25, -0.2) is 0 Å². The fourth-order valence-corrected chi connectivity index (χ4v) is 3.20. The molecule has 1 aromatic heterocycles. The summed E-state index contributed by atoms with van der Waals surface area (Å²) in [6.07, 6.45) is 19.3. The molecular weight excluding hydrogens is 342 g/mol. The summed E-state index contributed by atoms with van der Waals surface area (Å²) in [5, 5.41) is 12.2. The lowest BCUT2D eigenvalue weighted by Gasteiger charge is -2.06. The normalized spacial score (nSPS) is 10.8. The molecule has 0 spiro atoms. The third-order valence-corrected chi connectivity index (χ3v) is 4.87. The molecule has 1 heterocycles. The fraction of sp³-hybridized carbons (Fsp3) is 0.440. The highest BCUT2D eigenvalue weighted by atomic mass is 14.9. The predicted octanol–water partition coefficient (Wildman–Crippen LogP) is 6.98. The molecule has 0 amide bonds. The zero-order valence-corrected chi connectivity index (χ0v) is 16.9. The molecule has 0 radical (unpaired) electrons. The second-order valence-electron chi connectivity index (χ2n) is 7.24. The highest BCUT2D eigenvalue weighted by Crippen LogP contribution is 2.12. The molecular formula is C25H33N3. The van der Waals surface area contributed by atoms with Crippen molar-refractivity contribution in [3.63, 3.8) is 0 Å². The van der Waals surface area contributed by atoms with Gasteiger partial charge in [-0.3, -0.25) is 4.98 Å². The average Bonchev–Trinajstić information content (AvgIpc) is 2.75. The van der Waals surface area contributed by atoms with Crippen molar-refractivity contribution in [2.24, 2.45) is 0 Å². The number of nitriles is 1. The van der Waals surface area contributed by atoms with Gasteiger partial charge in [0.2, 0.25) is 0 Å². The Morgan fingerprint density at radius 3 is 2.14 bits per heavy atom. The van der Waals surface area contributed by atoms with E-state index in [1.807, 2.05) is 48.7 Å². The predicted molar refractivity (Wildman–Crippen MR) is 119 cm³/mol. The van der Waals surface area contributed by atoms with Crippen LogP contribution in [0, 0.1) is 11.3 Å². The van der Waals surface area contributed by atoms with Gasteiger partial charge in [-0.15, -0.1) is 0 Å². The van der Waals surface area contributed by atoms with Gasteiger partial charge in [-0.05, 0) is 61.7 Å². The van der Waals surface area contributed by atoms with E-state index in [1.165, 1.54) is 57.8 Å². The van der Waals surface area contributed by atoms with Crippen LogP contribution in [0.2, 0.25) is 0 Å². The zero-order valence-electron chi connectivity index (χ0n) is 16.9. The number of nitrogens with zero attached hydrogens (tertiary/aromatic N) is 2. The van der Waals surface area contributed by atoms with Gasteiger partial charge in [-0.1, -0.05) is 57.1 Å². The number of allylic oxidation sites excluding steroid dienone is 1. The number of unbranched alkanes of at least 4 members (excludes halogenated alkanes) is 9. The van der Waals surface area contributed by atoms with Crippen LogP contribution in [0.1, 0.15) is 75.5 Å². The van der Waals surface area contributed by atoms with Gasteiger partial charge in [0.25, 0.3) is 0 Å². The highest BCUT2D eigenvalue weighted by molar-refractivity contribution is 5.47.